The zero-order chi connectivity index (χ0) is 16.4. The Morgan fingerprint density at radius 3 is 2.04 bits per heavy atom. The summed E-state index contributed by atoms with van der Waals surface area (Å²) in [5.74, 6) is -0.293. The first-order valence-corrected chi connectivity index (χ1v) is 7.94. The van der Waals surface area contributed by atoms with Gasteiger partial charge in [0.05, 0.1) is 0 Å². The Hall–Kier alpha value is -2.37. The highest BCUT2D eigenvalue weighted by Crippen LogP contribution is 2.47. The largest absolute Gasteiger partial charge is 0.358 e. The summed E-state index contributed by atoms with van der Waals surface area (Å²) in [6.07, 6.45) is 1.24. The van der Waals surface area contributed by atoms with E-state index in [1.165, 1.54) is 0 Å². The van der Waals surface area contributed by atoms with Crippen molar-refractivity contribution >= 4 is 17.7 Å². The van der Waals surface area contributed by atoms with Crippen molar-refractivity contribution in [3.05, 3.63) is 35.9 Å². The fraction of sp³-hybridized carbons (Fsp3) is 0.471. The molecule has 0 unspecified atom stereocenters. The second-order valence-electron chi connectivity index (χ2n) is 6.11. The van der Waals surface area contributed by atoms with Gasteiger partial charge < -0.3 is 15.1 Å². The second-order valence-corrected chi connectivity index (χ2v) is 6.11. The molecule has 1 saturated carbocycles. The molecule has 122 valence electrons. The van der Waals surface area contributed by atoms with Crippen LogP contribution in [0, 0.1) is 5.41 Å². The van der Waals surface area contributed by atoms with Gasteiger partial charge in [0, 0.05) is 38.8 Å². The zero-order valence-corrected chi connectivity index (χ0v) is 13.2. The average molecular weight is 315 g/mol. The van der Waals surface area contributed by atoms with Crippen LogP contribution in [-0.2, 0) is 9.59 Å². The van der Waals surface area contributed by atoms with E-state index in [9.17, 15) is 14.4 Å². The van der Waals surface area contributed by atoms with Gasteiger partial charge in [-0.25, -0.2) is 0 Å². The highest BCUT2D eigenvalue weighted by Gasteiger charge is 2.57. The van der Waals surface area contributed by atoms with Gasteiger partial charge in [0.25, 0.3) is 5.91 Å². The Balaban J connectivity index is 1.60. The molecule has 0 atom stereocenters. The van der Waals surface area contributed by atoms with Crippen molar-refractivity contribution in [3.63, 3.8) is 0 Å². The van der Waals surface area contributed by atoms with Crippen molar-refractivity contribution in [2.75, 3.05) is 33.2 Å². The smallest absolute Gasteiger partial charge is 0.253 e. The van der Waals surface area contributed by atoms with Crippen molar-refractivity contribution in [1.29, 1.82) is 0 Å². The van der Waals surface area contributed by atoms with E-state index in [-0.39, 0.29) is 17.7 Å². The molecule has 1 aromatic carbocycles. The van der Waals surface area contributed by atoms with Crippen molar-refractivity contribution in [2.45, 2.75) is 12.8 Å². The quantitative estimate of drug-likeness (QED) is 0.826. The van der Waals surface area contributed by atoms with Crippen LogP contribution in [0.5, 0.6) is 0 Å². The third kappa shape index (κ3) is 2.81. The summed E-state index contributed by atoms with van der Waals surface area (Å²) in [5, 5.41) is 2.59. The number of piperazine rings is 1. The zero-order valence-electron chi connectivity index (χ0n) is 13.2. The molecule has 1 N–H and O–H groups in total. The molecule has 0 aromatic heterocycles. The van der Waals surface area contributed by atoms with Gasteiger partial charge in [-0.05, 0) is 25.0 Å². The lowest BCUT2D eigenvalue weighted by Crippen LogP contribution is -2.54. The van der Waals surface area contributed by atoms with E-state index in [1.807, 2.05) is 18.2 Å². The van der Waals surface area contributed by atoms with E-state index in [2.05, 4.69) is 5.32 Å². The number of hydrogen-bond donors (Lipinski definition) is 1. The lowest BCUT2D eigenvalue weighted by Gasteiger charge is -2.36. The SMILES string of the molecule is CNC(=O)C1(C(=O)N2CCN(C(=O)c3ccccc3)CC2)CC1. The molecule has 0 spiro atoms. The van der Waals surface area contributed by atoms with E-state index in [1.54, 1.807) is 29.0 Å². The van der Waals surface area contributed by atoms with Crippen LogP contribution in [0.4, 0.5) is 0 Å². The molecule has 23 heavy (non-hydrogen) atoms. The fourth-order valence-electron chi connectivity index (χ4n) is 3.08. The van der Waals surface area contributed by atoms with Crippen molar-refractivity contribution in [3.8, 4) is 0 Å². The third-order valence-electron chi connectivity index (χ3n) is 4.70. The maximum absolute atomic E-state index is 12.6. The van der Waals surface area contributed by atoms with Gasteiger partial charge in [-0.2, -0.15) is 0 Å². The molecule has 1 aromatic rings. The Morgan fingerprint density at radius 1 is 0.957 bits per heavy atom. The Bertz CT molecular complexity index is 617. The summed E-state index contributed by atoms with van der Waals surface area (Å²) >= 11 is 0. The number of amides is 3. The van der Waals surface area contributed by atoms with Crippen LogP contribution in [0.25, 0.3) is 0 Å². The number of nitrogens with zero attached hydrogens (tertiary/aromatic N) is 2. The first-order chi connectivity index (χ1) is 11.1. The van der Waals surface area contributed by atoms with E-state index < -0.39 is 5.41 Å². The highest BCUT2D eigenvalue weighted by molar-refractivity contribution is 6.07. The van der Waals surface area contributed by atoms with Crippen LogP contribution >= 0.6 is 0 Å². The minimum absolute atomic E-state index is 0.00913. The average Bonchev–Trinajstić information content (AvgIpc) is 3.42. The molecule has 3 rings (SSSR count). The molecular weight excluding hydrogens is 294 g/mol. The third-order valence-corrected chi connectivity index (χ3v) is 4.70. The van der Waals surface area contributed by atoms with Crippen molar-refractivity contribution in [2.24, 2.45) is 5.41 Å². The van der Waals surface area contributed by atoms with Crippen LogP contribution in [0.1, 0.15) is 23.2 Å². The topological polar surface area (TPSA) is 69.7 Å². The standard InChI is InChI=1S/C17H21N3O3/c1-18-15(22)17(7-8-17)16(23)20-11-9-19(10-12-20)14(21)13-5-3-2-4-6-13/h2-6H,7-12H2,1H3,(H,18,22). The lowest BCUT2D eigenvalue weighted by molar-refractivity contribution is -0.145. The molecule has 1 heterocycles. The minimum Gasteiger partial charge on any atom is -0.358 e. The molecule has 6 nitrogen and oxygen atoms in total. The number of hydrogen-bond acceptors (Lipinski definition) is 3. The fourth-order valence-corrected chi connectivity index (χ4v) is 3.08. The predicted molar refractivity (Wildman–Crippen MR) is 84.7 cm³/mol. The van der Waals surface area contributed by atoms with Crippen LogP contribution in [0.3, 0.4) is 0 Å². The molecule has 2 fully saturated rings. The van der Waals surface area contributed by atoms with Gasteiger partial charge in [-0.1, -0.05) is 18.2 Å². The number of carbonyl (C=O) groups excluding carboxylic acids is 3. The Labute approximate surface area is 135 Å². The Morgan fingerprint density at radius 2 is 1.52 bits per heavy atom. The molecule has 1 aliphatic heterocycles. The van der Waals surface area contributed by atoms with Crippen LogP contribution in [0.15, 0.2) is 30.3 Å². The summed E-state index contributed by atoms with van der Waals surface area (Å²) in [6.45, 7) is 1.97. The van der Waals surface area contributed by atoms with Gasteiger partial charge in [-0.15, -0.1) is 0 Å². The van der Waals surface area contributed by atoms with E-state index >= 15 is 0 Å². The van der Waals surface area contributed by atoms with Crippen LogP contribution in [-0.4, -0.2) is 60.7 Å². The normalized spacial score (nSPS) is 19.2. The van der Waals surface area contributed by atoms with Gasteiger partial charge in [0.2, 0.25) is 11.8 Å². The van der Waals surface area contributed by atoms with Crippen molar-refractivity contribution < 1.29 is 14.4 Å². The number of carbonyl (C=O) groups is 3. The van der Waals surface area contributed by atoms with E-state index in [0.717, 1.165) is 0 Å². The van der Waals surface area contributed by atoms with Gasteiger partial charge >= 0.3 is 0 Å². The molecule has 6 heteroatoms. The Kier molecular flexibility index (Phi) is 4.07. The highest BCUT2D eigenvalue weighted by atomic mass is 16.2. The molecular formula is C17H21N3O3. The molecule has 1 saturated heterocycles. The summed E-state index contributed by atoms with van der Waals surface area (Å²) in [6, 6.07) is 9.15. The van der Waals surface area contributed by atoms with Crippen LogP contribution < -0.4 is 5.32 Å². The van der Waals surface area contributed by atoms with Crippen molar-refractivity contribution in [1.82, 2.24) is 15.1 Å². The summed E-state index contributed by atoms with van der Waals surface area (Å²) in [7, 11) is 1.56. The monoisotopic (exact) mass is 315 g/mol. The first kappa shape index (κ1) is 15.5. The summed E-state index contributed by atoms with van der Waals surface area (Å²) < 4.78 is 0. The summed E-state index contributed by atoms with van der Waals surface area (Å²) in [5.41, 5.74) is -0.184. The predicted octanol–water partition coefficient (Wildman–Crippen LogP) is 0.497. The molecule has 3 amide bonds. The van der Waals surface area contributed by atoms with Gasteiger partial charge in [-0.3, -0.25) is 14.4 Å². The van der Waals surface area contributed by atoms with Gasteiger partial charge in [0.15, 0.2) is 0 Å². The number of benzene rings is 1. The van der Waals surface area contributed by atoms with E-state index in [0.29, 0.717) is 44.6 Å². The number of nitrogens with one attached hydrogen (secondary N) is 1. The second kappa shape index (κ2) is 6.02. The molecule has 1 aliphatic carbocycles. The minimum atomic E-state index is -0.847. The first-order valence-electron chi connectivity index (χ1n) is 7.94. The summed E-state index contributed by atoms with van der Waals surface area (Å²) in [4.78, 5) is 40.4. The lowest BCUT2D eigenvalue weighted by atomic mass is 10.0. The molecule has 2 aliphatic rings. The maximum atomic E-state index is 12.6. The number of rotatable bonds is 3. The van der Waals surface area contributed by atoms with E-state index in [4.69, 9.17) is 0 Å². The molecule has 0 bridgehead atoms. The molecule has 0 radical (unpaired) electrons. The van der Waals surface area contributed by atoms with Crippen LogP contribution in [0.2, 0.25) is 0 Å². The van der Waals surface area contributed by atoms with Gasteiger partial charge in [0.1, 0.15) is 5.41 Å². The maximum Gasteiger partial charge on any atom is 0.253 e.